The molecule has 2 nitrogen and oxygen atoms in total. The molecule has 0 amide bonds. The fourth-order valence-corrected chi connectivity index (χ4v) is 3.13. The molecule has 1 saturated carbocycles. The highest BCUT2D eigenvalue weighted by atomic mass is 35.5. The summed E-state index contributed by atoms with van der Waals surface area (Å²) in [4.78, 5) is 0. The Kier molecular flexibility index (Phi) is 4.14. The van der Waals surface area contributed by atoms with Crippen molar-refractivity contribution in [3.63, 3.8) is 0 Å². The predicted octanol–water partition coefficient (Wildman–Crippen LogP) is 4.45. The summed E-state index contributed by atoms with van der Waals surface area (Å²) in [5, 5.41) is 13.3. The molecule has 0 aliphatic heterocycles. The molecule has 1 N–H and O–H groups in total. The van der Waals surface area contributed by atoms with E-state index in [9.17, 15) is 0 Å². The van der Waals surface area contributed by atoms with Crippen molar-refractivity contribution in [3.05, 3.63) is 28.8 Å². The quantitative estimate of drug-likeness (QED) is 0.874. The summed E-state index contributed by atoms with van der Waals surface area (Å²) in [6.45, 7) is 4.55. The van der Waals surface area contributed by atoms with Crippen LogP contribution in [0, 0.1) is 23.2 Å². The standard InChI is InChI=1S/C15H19ClN2/c1-3-11-5-7-14(10(11)2)18-15-8-13(16)6-4-12(15)9-17/h4,6,8,10-11,14,18H,3,5,7H2,1-2H3. The predicted molar refractivity (Wildman–Crippen MR) is 75.8 cm³/mol. The molecule has 2 rings (SSSR count). The third kappa shape index (κ3) is 2.62. The molecular weight excluding hydrogens is 244 g/mol. The molecule has 0 saturated heterocycles. The van der Waals surface area contributed by atoms with E-state index in [1.165, 1.54) is 19.3 Å². The van der Waals surface area contributed by atoms with E-state index in [0.717, 1.165) is 11.6 Å². The molecule has 0 spiro atoms. The molecular formula is C15H19ClN2. The Hall–Kier alpha value is -1.20. The highest BCUT2D eigenvalue weighted by Gasteiger charge is 2.31. The lowest BCUT2D eigenvalue weighted by molar-refractivity contribution is 0.392. The van der Waals surface area contributed by atoms with Gasteiger partial charge in [-0.1, -0.05) is 31.9 Å². The van der Waals surface area contributed by atoms with Gasteiger partial charge in [0.05, 0.1) is 11.3 Å². The smallest absolute Gasteiger partial charge is 0.101 e. The fraction of sp³-hybridized carbons (Fsp3) is 0.533. The normalized spacial score (nSPS) is 26.9. The van der Waals surface area contributed by atoms with E-state index >= 15 is 0 Å². The number of nitriles is 1. The van der Waals surface area contributed by atoms with Gasteiger partial charge in [0, 0.05) is 11.1 Å². The molecule has 0 aromatic heterocycles. The van der Waals surface area contributed by atoms with Crippen molar-refractivity contribution in [1.29, 1.82) is 5.26 Å². The number of benzene rings is 1. The van der Waals surface area contributed by atoms with Crippen LogP contribution in [-0.2, 0) is 0 Å². The average molecular weight is 263 g/mol. The van der Waals surface area contributed by atoms with Crippen LogP contribution in [-0.4, -0.2) is 6.04 Å². The van der Waals surface area contributed by atoms with E-state index < -0.39 is 0 Å². The molecule has 1 aromatic rings. The number of hydrogen-bond acceptors (Lipinski definition) is 2. The van der Waals surface area contributed by atoms with Crippen LogP contribution in [0.5, 0.6) is 0 Å². The summed E-state index contributed by atoms with van der Waals surface area (Å²) in [6.07, 6.45) is 3.69. The first-order valence-electron chi connectivity index (χ1n) is 6.62. The molecule has 3 heteroatoms. The summed E-state index contributed by atoms with van der Waals surface area (Å²) in [6, 6.07) is 8.07. The van der Waals surface area contributed by atoms with E-state index in [-0.39, 0.29) is 0 Å². The lowest BCUT2D eigenvalue weighted by atomic mass is 9.93. The van der Waals surface area contributed by atoms with E-state index in [1.807, 2.05) is 6.07 Å². The minimum atomic E-state index is 0.459. The Balaban J connectivity index is 2.15. The highest BCUT2D eigenvalue weighted by molar-refractivity contribution is 6.30. The zero-order valence-corrected chi connectivity index (χ0v) is 11.7. The monoisotopic (exact) mass is 262 g/mol. The van der Waals surface area contributed by atoms with Crippen LogP contribution in [0.25, 0.3) is 0 Å². The van der Waals surface area contributed by atoms with Crippen LogP contribution in [0.1, 0.15) is 38.7 Å². The topological polar surface area (TPSA) is 35.8 Å². The second kappa shape index (κ2) is 5.63. The third-order valence-electron chi connectivity index (χ3n) is 4.19. The van der Waals surface area contributed by atoms with E-state index in [4.69, 9.17) is 16.9 Å². The zero-order chi connectivity index (χ0) is 13.1. The maximum Gasteiger partial charge on any atom is 0.101 e. The number of halogens is 1. The summed E-state index contributed by atoms with van der Waals surface area (Å²) >= 11 is 6.00. The van der Waals surface area contributed by atoms with Crippen LogP contribution in [0.4, 0.5) is 5.69 Å². The molecule has 96 valence electrons. The number of nitrogens with one attached hydrogen (secondary N) is 1. The van der Waals surface area contributed by atoms with Gasteiger partial charge in [0.2, 0.25) is 0 Å². The van der Waals surface area contributed by atoms with Crippen molar-refractivity contribution in [3.8, 4) is 6.07 Å². The minimum absolute atomic E-state index is 0.459. The maximum absolute atomic E-state index is 9.11. The zero-order valence-electron chi connectivity index (χ0n) is 10.9. The average Bonchev–Trinajstić information content (AvgIpc) is 2.71. The van der Waals surface area contributed by atoms with Crippen LogP contribution in [0.15, 0.2) is 18.2 Å². The van der Waals surface area contributed by atoms with Crippen molar-refractivity contribution < 1.29 is 0 Å². The molecule has 3 unspecified atom stereocenters. The number of anilines is 1. The van der Waals surface area contributed by atoms with Crippen molar-refractivity contribution in [1.82, 2.24) is 0 Å². The molecule has 1 aliphatic rings. The number of rotatable bonds is 3. The summed E-state index contributed by atoms with van der Waals surface area (Å²) < 4.78 is 0. The van der Waals surface area contributed by atoms with Gasteiger partial charge in [0.15, 0.2) is 0 Å². The number of nitrogens with zero attached hydrogens (tertiary/aromatic N) is 1. The van der Waals surface area contributed by atoms with Gasteiger partial charge >= 0.3 is 0 Å². The highest BCUT2D eigenvalue weighted by Crippen LogP contribution is 2.36. The first-order valence-corrected chi connectivity index (χ1v) is 6.99. The molecule has 3 atom stereocenters. The van der Waals surface area contributed by atoms with Crippen molar-refractivity contribution >= 4 is 17.3 Å². The maximum atomic E-state index is 9.11. The Morgan fingerprint density at radius 1 is 1.44 bits per heavy atom. The molecule has 18 heavy (non-hydrogen) atoms. The fourth-order valence-electron chi connectivity index (χ4n) is 2.96. The Morgan fingerprint density at radius 2 is 2.22 bits per heavy atom. The van der Waals surface area contributed by atoms with E-state index in [1.54, 1.807) is 12.1 Å². The van der Waals surface area contributed by atoms with Crippen LogP contribution in [0.3, 0.4) is 0 Å². The molecule has 1 fully saturated rings. The minimum Gasteiger partial charge on any atom is -0.381 e. The second-order valence-corrected chi connectivity index (χ2v) is 5.59. The Bertz CT molecular complexity index is 464. The van der Waals surface area contributed by atoms with Gasteiger partial charge in [0.25, 0.3) is 0 Å². The SMILES string of the molecule is CCC1CCC(Nc2cc(Cl)ccc2C#N)C1C. The van der Waals surface area contributed by atoms with Gasteiger partial charge in [0.1, 0.15) is 6.07 Å². The first kappa shape index (κ1) is 13.2. The van der Waals surface area contributed by atoms with Gasteiger partial charge < -0.3 is 5.32 Å². The van der Waals surface area contributed by atoms with Gasteiger partial charge in [-0.15, -0.1) is 0 Å². The lowest BCUT2D eigenvalue weighted by Crippen LogP contribution is -2.25. The van der Waals surface area contributed by atoms with Gasteiger partial charge in [-0.25, -0.2) is 0 Å². The number of hydrogen-bond donors (Lipinski definition) is 1. The largest absolute Gasteiger partial charge is 0.381 e. The van der Waals surface area contributed by atoms with Gasteiger partial charge in [-0.05, 0) is 42.9 Å². The van der Waals surface area contributed by atoms with Crippen molar-refractivity contribution in [2.75, 3.05) is 5.32 Å². The summed E-state index contributed by atoms with van der Waals surface area (Å²) in [7, 11) is 0. The molecule has 0 radical (unpaired) electrons. The van der Waals surface area contributed by atoms with Crippen molar-refractivity contribution in [2.45, 2.75) is 39.2 Å². The summed E-state index contributed by atoms with van der Waals surface area (Å²) in [5.41, 5.74) is 1.55. The summed E-state index contributed by atoms with van der Waals surface area (Å²) in [5.74, 6) is 1.45. The molecule has 1 aliphatic carbocycles. The third-order valence-corrected chi connectivity index (χ3v) is 4.43. The molecule has 0 bridgehead atoms. The first-order chi connectivity index (χ1) is 8.65. The van der Waals surface area contributed by atoms with Crippen LogP contribution < -0.4 is 5.32 Å². The van der Waals surface area contributed by atoms with Gasteiger partial charge in [-0.3, -0.25) is 0 Å². The van der Waals surface area contributed by atoms with Crippen LogP contribution >= 0.6 is 11.6 Å². The van der Waals surface area contributed by atoms with Crippen molar-refractivity contribution in [2.24, 2.45) is 11.8 Å². The second-order valence-electron chi connectivity index (χ2n) is 5.16. The molecule has 1 aromatic carbocycles. The van der Waals surface area contributed by atoms with E-state index in [0.29, 0.717) is 22.5 Å². The Labute approximate surface area is 114 Å². The van der Waals surface area contributed by atoms with Crippen LogP contribution in [0.2, 0.25) is 5.02 Å². The van der Waals surface area contributed by atoms with Gasteiger partial charge in [-0.2, -0.15) is 5.26 Å². The lowest BCUT2D eigenvalue weighted by Gasteiger charge is -2.22. The van der Waals surface area contributed by atoms with E-state index in [2.05, 4.69) is 25.2 Å². The molecule has 0 heterocycles. The Morgan fingerprint density at radius 3 is 2.83 bits per heavy atom.